The summed E-state index contributed by atoms with van der Waals surface area (Å²) in [5.74, 6) is -0.174. The quantitative estimate of drug-likeness (QED) is 0.745. The molecule has 0 spiro atoms. The van der Waals surface area contributed by atoms with E-state index in [2.05, 4.69) is 27.3 Å². The van der Waals surface area contributed by atoms with E-state index in [0.29, 0.717) is 5.69 Å². The molecule has 1 aromatic heterocycles. The Balaban J connectivity index is 1.44. The lowest BCUT2D eigenvalue weighted by molar-refractivity contribution is 0.102. The standard InChI is InChI=1S/C20H19N3OS/c24-19(18-14-25-20(22-18)15-6-2-1-3-7-15)21-16-8-10-17(11-9-16)23-12-4-5-13-23/h1-3,6-11,14H,4-5,12-13H2,(H,21,24). The van der Waals surface area contributed by atoms with Crippen LogP contribution in [-0.4, -0.2) is 24.0 Å². The van der Waals surface area contributed by atoms with Crippen LogP contribution in [0.4, 0.5) is 11.4 Å². The first-order valence-corrected chi connectivity index (χ1v) is 9.35. The van der Waals surface area contributed by atoms with Gasteiger partial charge in [0.1, 0.15) is 10.7 Å². The Morgan fingerprint density at radius 1 is 1.00 bits per heavy atom. The smallest absolute Gasteiger partial charge is 0.275 e. The molecule has 1 saturated heterocycles. The van der Waals surface area contributed by atoms with E-state index in [4.69, 9.17) is 0 Å². The normalized spacial score (nSPS) is 13.8. The van der Waals surface area contributed by atoms with Gasteiger partial charge in [0.05, 0.1) is 0 Å². The summed E-state index contributed by atoms with van der Waals surface area (Å²) >= 11 is 1.48. The van der Waals surface area contributed by atoms with Gasteiger partial charge in [0.15, 0.2) is 0 Å². The summed E-state index contributed by atoms with van der Waals surface area (Å²) in [5, 5.41) is 5.59. The number of benzene rings is 2. The number of aromatic nitrogens is 1. The summed E-state index contributed by atoms with van der Waals surface area (Å²) in [4.78, 5) is 19.3. The molecule has 0 radical (unpaired) electrons. The molecule has 0 saturated carbocycles. The maximum absolute atomic E-state index is 12.4. The number of thiazole rings is 1. The molecule has 0 unspecified atom stereocenters. The lowest BCUT2D eigenvalue weighted by Crippen LogP contribution is -2.17. The van der Waals surface area contributed by atoms with E-state index in [1.54, 1.807) is 5.38 Å². The van der Waals surface area contributed by atoms with Crippen molar-refractivity contribution in [2.45, 2.75) is 12.8 Å². The highest BCUT2D eigenvalue weighted by molar-refractivity contribution is 7.13. The van der Waals surface area contributed by atoms with Crippen LogP contribution in [-0.2, 0) is 0 Å². The third-order valence-electron chi connectivity index (χ3n) is 4.35. The summed E-state index contributed by atoms with van der Waals surface area (Å²) < 4.78 is 0. The van der Waals surface area contributed by atoms with E-state index in [9.17, 15) is 4.79 Å². The zero-order valence-corrected chi connectivity index (χ0v) is 14.6. The van der Waals surface area contributed by atoms with Gasteiger partial charge < -0.3 is 10.2 Å². The molecule has 2 heterocycles. The van der Waals surface area contributed by atoms with Crippen LogP contribution >= 0.6 is 11.3 Å². The minimum Gasteiger partial charge on any atom is -0.372 e. The zero-order chi connectivity index (χ0) is 17.1. The first-order chi connectivity index (χ1) is 12.3. The molecule has 3 aromatic rings. The van der Waals surface area contributed by atoms with E-state index in [1.165, 1.54) is 29.9 Å². The topological polar surface area (TPSA) is 45.2 Å². The monoisotopic (exact) mass is 349 g/mol. The molecule has 1 N–H and O–H groups in total. The molecule has 126 valence electrons. The molecule has 1 aliphatic heterocycles. The van der Waals surface area contributed by atoms with Crippen molar-refractivity contribution in [3.63, 3.8) is 0 Å². The van der Waals surface area contributed by atoms with Crippen LogP contribution in [0.25, 0.3) is 10.6 Å². The lowest BCUT2D eigenvalue weighted by atomic mass is 10.2. The minimum atomic E-state index is -0.174. The van der Waals surface area contributed by atoms with Crippen molar-refractivity contribution in [2.24, 2.45) is 0 Å². The van der Waals surface area contributed by atoms with Crippen molar-refractivity contribution in [3.8, 4) is 10.6 Å². The maximum Gasteiger partial charge on any atom is 0.275 e. The summed E-state index contributed by atoms with van der Waals surface area (Å²) in [7, 11) is 0. The number of carbonyl (C=O) groups is 1. The second kappa shape index (κ2) is 7.07. The van der Waals surface area contributed by atoms with Gasteiger partial charge >= 0.3 is 0 Å². The van der Waals surface area contributed by atoms with Crippen LogP contribution < -0.4 is 10.2 Å². The number of nitrogens with zero attached hydrogens (tertiary/aromatic N) is 2. The van der Waals surface area contributed by atoms with E-state index in [0.717, 1.165) is 29.3 Å². The van der Waals surface area contributed by atoms with Crippen molar-refractivity contribution in [3.05, 3.63) is 65.7 Å². The highest BCUT2D eigenvalue weighted by Gasteiger charge is 2.14. The number of anilines is 2. The first kappa shape index (κ1) is 15.8. The molecule has 25 heavy (non-hydrogen) atoms. The second-order valence-corrected chi connectivity index (χ2v) is 6.96. The fraction of sp³-hybridized carbons (Fsp3) is 0.200. The van der Waals surface area contributed by atoms with Gasteiger partial charge in [-0.1, -0.05) is 30.3 Å². The van der Waals surface area contributed by atoms with Gasteiger partial charge in [0, 0.05) is 35.4 Å². The molecule has 1 aliphatic rings. The SMILES string of the molecule is O=C(Nc1ccc(N2CCCC2)cc1)c1csc(-c2ccccc2)n1. The second-order valence-electron chi connectivity index (χ2n) is 6.10. The fourth-order valence-corrected chi connectivity index (χ4v) is 3.82. The van der Waals surface area contributed by atoms with Crippen molar-refractivity contribution in [1.82, 2.24) is 4.98 Å². The Bertz CT molecular complexity index is 852. The largest absolute Gasteiger partial charge is 0.372 e. The number of amides is 1. The van der Waals surface area contributed by atoms with Gasteiger partial charge in [-0.15, -0.1) is 11.3 Å². The van der Waals surface area contributed by atoms with E-state index < -0.39 is 0 Å². The Morgan fingerprint density at radius 3 is 2.44 bits per heavy atom. The predicted octanol–water partition coefficient (Wildman–Crippen LogP) is 4.66. The van der Waals surface area contributed by atoms with Gasteiger partial charge in [-0.3, -0.25) is 4.79 Å². The third kappa shape index (κ3) is 3.56. The third-order valence-corrected chi connectivity index (χ3v) is 5.25. The van der Waals surface area contributed by atoms with E-state index in [1.807, 2.05) is 42.5 Å². The van der Waals surface area contributed by atoms with E-state index in [-0.39, 0.29) is 5.91 Å². The van der Waals surface area contributed by atoms with Gasteiger partial charge in [0.25, 0.3) is 5.91 Å². The van der Waals surface area contributed by atoms with Crippen LogP contribution in [0.5, 0.6) is 0 Å². The van der Waals surface area contributed by atoms with Crippen molar-refractivity contribution in [2.75, 3.05) is 23.3 Å². The lowest BCUT2D eigenvalue weighted by Gasteiger charge is -2.17. The molecule has 0 aliphatic carbocycles. The highest BCUT2D eigenvalue weighted by Crippen LogP contribution is 2.25. The van der Waals surface area contributed by atoms with Crippen molar-refractivity contribution >= 4 is 28.6 Å². The molecular formula is C20H19N3OS. The summed E-state index contributed by atoms with van der Waals surface area (Å²) in [5.41, 5.74) is 3.49. The average molecular weight is 349 g/mol. The summed E-state index contributed by atoms with van der Waals surface area (Å²) in [6, 6.07) is 17.9. The van der Waals surface area contributed by atoms with Gasteiger partial charge in [-0.2, -0.15) is 0 Å². The summed E-state index contributed by atoms with van der Waals surface area (Å²) in [6.07, 6.45) is 2.51. The number of rotatable bonds is 4. The van der Waals surface area contributed by atoms with Gasteiger partial charge in [-0.25, -0.2) is 4.98 Å². The van der Waals surface area contributed by atoms with Gasteiger partial charge in [-0.05, 0) is 37.1 Å². The molecule has 5 heteroatoms. The maximum atomic E-state index is 12.4. The molecule has 2 aromatic carbocycles. The number of hydrogen-bond acceptors (Lipinski definition) is 4. The molecule has 1 fully saturated rings. The predicted molar refractivity (Wildman–Crippen MR) is 103 cm³/mol. The first-order valence-electron chi connectivity index (χ1n) is 8.47. The van der Waals surface area contributed by atoms with Gasteiger partial charge in [0.2, 0.25) is 0 Å². The Kier molecular flexibility index (Phi) is 4.48. The zero-order valence-electron chi connectivity index (χ0n) is 13.8. The molecule has 1 amide bonds. The van der Waals surface area contributed by atoms with Crippen molar-refractivity contribution in [1.29, 1.82) is 0 Å². The molecule has 4 rings (SSSR count). The number of carbonyl (C=O) groups excluding carboxylic acids is 1. The van der Waals surface area contributed by atoms with E-state index >= 15 is 0 Å². The Morgan fingerprint density at radius 2 is 1.72 bits per heavy atom. The summed E-state index contributed by atoms with van der Waals surface area (Å²) in [6.45, 7) is 2.24. The van der Waals surface area contributed by atoms with Crippen LogP contribution in [0.3, 0.4) is 0 Å². The average Bonchev–Trinajstić information content (AvgIpc) is 3.35. The van der Waals surface area contributed by atoms with Crippen LogP contribution in [0.15, 0.2) is 60.0 Å². The molecule has 4 nitrogen and oxygen atoms in total. The van der Waals surface area contributed by atoms with Crippen LogP contribution in [0.1, 0.15) is 23.3 Å². The fourth-order valence-electron chi connectivity index (χ4n) is 3.02. The van der Waals surface area contributed by atoms with Crippen molar-refractivity contribution < 1.29 is 4.79 Å². The van der Waals surface area contributed by atoms with Crippen LogP contribution in [0, 0.1) is 0 Å². The Labute approximate surface area is 151 Å². The highest BCUT2D eigenvalue weighted by atomic mass is 32.1. The number of nitrogens with one attached hydrogen (secondary N) is 1. The molecule has 0 atom stereocenters. The minimum absolute atomic E-state index is 0.174. The van der Waals surface area contributed by atoms with Crippen LogP contribution in [0.2, 0.25) is 0 Å². The molecular weight excluding hydrogens is 330 g/mol. The molecule has 0 bridgehead atoms. The number of hydrogen-bond donors (Lipinski definition) is 1. The Hall–Kier alpha value is -2.66.